The Morgan fingerprint density at radius 2 is 1.68 bits per heavy atom. The zero-order valence-corrected chi connectivity index (χ0v) is 18.1. The van der Waals surface area contributed by atoms with Gasteiger partial charge >= 0.3 is 0 Å². The van der Waals surface area contributed by atoms with E-state index in [-0.39, 0.29) is 10.8 Å². The number of rotatable bonds is 10. The van der Waals surface area contributed by atoms with Crippen LogP contribution in [-0.4, -0.2) is 48.5 Å². The van der Waals surface area contributed by atoms with Crippen LogP contribution in [0.2, 0.25) is 0 Å². The zero-order valence-electron chi connectivity index (χ0n) is 17.3. The maximum Gasteiger partial charge on any atom is 0.276 e. The number of nitrogens with one attached hydrogen (secondary N) is 2. The minimum absolute atomic E-state index is 0.148. The maximum atomic E-state index is 12.4. The lowest BCUT2D eigenvalue weighted by Gasteiger charge is -2.20. The van der Waals surface area contributed by atoms with Crippen LogP contribution < -0.4 is 15.5 Å². The number of aliphatic hydroxyl groups is 1. The van der Waals surface area contributed by atoms with Gasteiger partial charge in [0.25, 0.3) is 11.8 Å². The van der Waals surface area contributed by atoms with E-state index in [0.29, 0.717) is 23.6 Å². The molecule has 31 heavy (non-hydrogen) atoms. The molecule has 0 radical (unpaired) electrons. The first-order valence-electron chi connectivity index (χ1n) is 9.63. The molecule has 2 amide bonds. The maximum absolute atomic E-state index is 12.4. The van der Waals surface area contributed by atoms with Crippen molar-refractivity contribution in [2.24, 2.45) is 0 Å². The van der Waals surface area contributed by atoms with Crippen molar-refractivity contribution in [2.45, 2.75) is 37.2 Å². The highest BCUT2D eigenvalue weighted by Gasteiger charge is 2.36. The Balaban J connectivity index is 2.03. The van der Waals surface area contributed by atoms with Crippen LogP contribution in [0.4, 0.5) is 5.69 Å². The smallest absolute Gasteiger partial charge is 0.276 e. The average molecular weight is 451 g/mol. The molecule has 0 heterocycles. The van der Waals surface area contributed by atoms with Crippen molar-refractivity contribution in [1.29, 1.82) is 0 Å². The van der Waals surface area contributed by atoms with Gasteiger partial charge in [0.15, 0.2) is 15.4 Å². The molecule has 0 spiro atoms. The van der Waals surface area contributed by atoms with Gasteiger partial charge in [-0.1, -0.05) is 13.3 Å². The van der Waals surface area contributed by atoms with Gasteiger partial charge in [-0.2, -0.15) is 0 Å². The molecule has 0 saturated heterocycles. The molecule has 168 valence electrons. The second-order valence-corrected chi connectivity index (χ2v) is 9.17. The summed E-state index contributed by atoms with van der Waals surface area (Å²) in [6.07, 6.45) is 1.97. The minimum atomic E-state index is -4.03. The van der Waals surface area contributed by atoms with Crippen molar-refractivity contribution in [3.8, 4) is 5.75 Å². The molecule has 4 N–H and O–H groups in total. The van der Waals surface area contributed by atoms with E-state index in [4.69, 9.17) is 9.94 Å². The summed E-state index contributed by atoms with van der Waals surface area (Å²) in [5.74, 6) is -1.87. The highest BCUT2D eigenvalue weighted by molar-refractivity contribution is 7.91. The highest BCUT2D eigenvalue weighted by atomic mass is 32.2. The number of sulfone groups is 1. The van der Waals surface area contributed by atoms with Crippen molar-refractivity contribution in [3.63, 3.8) is 0 Å². The van der Waals surface area contributed by atoms with E-state index >= 15 is 0 Å². The number of carbonyl (C=O) groups excluding carboxylic acids is 2. The SMILES string of the molecule is CCCCOc1ccc(C(=O)Nc2ccc(S(=O)(=O)CC(C)(O)C(=O)NO)cc2)cc1. The molecule has 0 aliphatic carbocycles. The minimum Gasteiger partial charge on any atom is -0.494 e. The number of carbonyl (C=O) groups is 2. The molecule has 2 rings (SSSR count). The molecule has 0 fully saturated rings. The second kappa shape index (κ2) is 10.4. The lowest BCUT2D eigenvalue weighted by Crippen LogP contribution is -2.48. The molecule has 9 nitrogen and oxygen atoms in total. The summed E-state index contributed by atoms with van der Waals surface area (Å²) in [5, 5.41) is 21.2. The molecule has 1 unspecified atom stereocenters. The molecule has 0 aliphatic rings. The van der Waals surface area contributed by atoms with Gasteiger partial charge in [0, 0.05) is 11.3 Å². The van der Waals surface area contributed by atoms with E-state index in [0.717, 1.165) is 19.8 Å². The van der Waals surface area contributed by atoms with Crippen molar-refractivity contribution >= 4 is 27.3 Å². The Morgan fingerprint density at radius 3 is 2.23 bits per heavy atom. The fourth-order valence-electron chi connectivity index (χ4n) is 2.63. The predicted molar refractivity (Wildman–Crippen MR) is 114 cm³/mol. The van der Waals surface area contributed by atoms with E-state index in [1.165, 1.54) is 29.7 Å². The first kappa shape index (κ1) is 24.3. The fourth-order valence-corrected chi connectivity index (χ4v) is 4.21. The third-order valence-corrected chi connectivity index (χ3v) is 6.35. The number of hydrogen-bond donors (Lipinski definition) is 4. The lowest BCUT2D eigenvalue weighted by molar-refractivity contribution is -0.144. The van der Waals surface area contributed by atoms with E-state index < -0.39 is 27.1 Å². The van der Waals surface area contributed by atoms with Gasteiger partial charge in [0.2, 0.25) is 0 Å². The summed E-state index contributed by atoms with van der Waals surface area (Å²) in [7, 11) is -4.03. The van der Waals surface area contributed by atoms with Gasteiger partial charge < -0.3 is 15.2 Å². The van der Waals surface area contributed by atoms with Crippen LogP contribution in [0.15, 0.2) is 53.4 Å². The van der Waals surface area contributed by atoms with Gasteiger partial charge in [0.05, 0.1) is 17.3 Å². The topological polar surface area (TPSA) is 142 Å². The largest absolute Gasteiger partial charge is 0.494 e. The van der Waals surface area contributed by atoms with Gasteiger partial charge in [-0.15, -0.1) is 0 Å². The Kier molecular flexibility index (Phi) is 8.14. The van der Waals surface area contributed by atoms with Crippen LogP contribution in [0.25, 0.3) is 0 Å². The third-order valence-electron chi connectivity index (χ3n) is 4.42. The Hall–Kier alpha value is -2.95. The number of anilines is 1. The Labute approximate surface area is 180 Å². The number of unbranched alkanes of at least 4 members (excludes halogenated alkanes) is 1. The molecule has 2 aromatic carbocycles. The van der Waals surface area contributed by atoms with Crippen LogP contribution in [0, 0.1) is 0 Å². The standard InChI is InChI=1S/C21H26N2O7S/c1-3-4-13-30-17-9-5-15(6-10-17)19(24)22-16-7-11-18(12-8-16)31(28,29)14-21(2,26)20(25)23-27/h5-12,26-27H,3-4,13-14H2,1-2H3,(H,22,24)(H,23,25). The quantitative estimate of drug-likeness (QED) is 0.247. The van der Waals surface area contributed by atoms with E-state index in [9.17, 15) is 23.1 Å². The fraction of sp³-hybridized carbons (Fsp3) is 0.333. The summed E-state index contributed by atoms with van der Waals surface area (Å²) < 4.78 is 30.4. The molecule has 10 heteroatoms. The first-order chi connectivity index (χ1) is 14.6. The van der Waals surface area contributed by atoms with Crippen molar-refractivity contribution in [1.82, 2.24) is 5.48 Å². The Morgan fingerprint density at radius 1 is 1.06 bits per heavy atom. The lowest BCUT2D eigenvalue weighted by atomic mass is 10.1. The first-order valence-corrected chi connectivity index (χ1v) is 11.3. The van der Waals surface area contributed by atoms with Crippen LogP contribution in [-0.2, 0) is 14.6 Å². The monoisotopic (exact) mass is 450 g/mol. The van der Waals surface area contributed by atoms with Gasteiger partial charge in [-0.05, 0) is 61.9 Å². The summed E-state index contributed by atoms with van der Waals surface area (Å²) in [6.45, 7) is 3.65. The average Bonchev–Trinajstić information content (AvgIpc) is 2.73. The molecule has 0 aromatic heterocycles. The predicted octanol–water partition coefficient (Wildman–Crippen LogP) is 2.15. The molecule has 0 aliphatic heterocycles. The van der Waals surface area contributed by atoms with Gasteiger partial charge in [-0.25, -0.2) is 13.9 Å². The number of hydroxylamine groups is 1. The third kappa shape index (κ3) is 6.78. The summed E-state index contributed by atoms with van der Waals surface area (Å²) in [5.41, 5.74) is -0.304. The van der Waals surface area contributed by atoms with E-state index in [1.54, 1.807) is 24.3 Å². The van der Waals surface area contributed by atoms with E-state index in [2.05, 4.69) is 12.2 Å². The summed E-state index contributed by atoms with van der Waals surface area (Å²) >= 11 is 0. The summed E-state index contributed by atoms with van der Waals surface area (Å²) in [4.78, 5) is 23.7. The van der Waals surface area contributed by atoms with Gasteiger partial charge in [-0.3, -0.25) is 14.8 Å². The molecule has 1 atom stereocenters. The number of ether oxygens (including phenoxy) is 1. The molecular weight excluding hydrogens is 424 g/mol. The number of amides is 2. The van der Waals surface area contributed by atoms with Crippen LogP contribution in [0.1, 0.15) is 37.0 Å². The summed E-state index contributed by atoms with van der Waals surface area (Å²) in [6, 6.07) is 12.0. The van der Waals surface area contributed by atoms with Crippen molar-refractivity contribution in [3.05, 3.63) is 54.1 Å². The number of hydrogen-bond acceptors (Lipinski definition) is 7. The Bertz CT molecular complexity index is 1000. The second-order valence-electron chi connectivity index (χ2n) is 7.18. The van der Waals surface area contributed by atoms with Gasteiger partial charge in [0.1, 0.15) is 5.75 Å². The molecule has 0 bridgehead atoms. The van der Waals surface area contributed by atoms with Crippen LogP contribution in [0.5, 0.6) is 5.75 Å². The van der Waals surface area contributed by atoms with Crippen molar-refractivity contribution < 1.29 is 33.1 Å². The van der Waals surface area contributed by atoms with E-state index in [1.807, 2.05) is 0 Å². The van der Waals surface area contributed by atoms with Crippen LogP contribution in [0.3, 0.4) is 0 Å². The zero-order chi connectivity index (χ0) is 23.1. The van der Waals surface area contributed by atoms with Crippen LogP contribution >= 0.6 is 0 Å². The molecular formula is C21H26N2O7S. The molecule has 2 aromatic rings. The highest BCUT2D eigenvalue weighted by Crippen LogP contribution is 2.20. The number of benzene rings is 2. The molecule has 0 saturated carbocycles. The van der Waals surface area contributed by atoms with Crippen molar-refractivity contribution in [2.75, 3.05) is 17.7 Å². The normalized spacial score (nSPS) is 13.2.